The number of hydrogen-bond donors (Lipinski definition) is 0. The molecule has 0 aliphatic carbocycles. The zero-order valence-electron chi connectivity index (χ0n) is 22.9. The first-order chi connectivity index (χ1) is 18.9. The van der Waals surface area contributed by atoms with Gasteiger partial charge in [-0.1, -0.05) is 91.0 Å². The minimum atomic E-state index is -0.799. The van der Waals surface area contributed by atoms with Crippen LogP contribution in [0.15, 0.2) is 108 Å². The Balaban J connectivity index is 1.66. The first kappa shape index (κ1) is 28.4. The van der Waals surface area contributed by atoms with Crippen molar-refractivity contribution in [3.05, 3.63) is 119 Å². The fourth-order valence-corrected chi connectivity index (χ4v) is 4.18. The van der Waals surface area contributed by atoms with Crippen molar-refractivity contribution in [2.75, 3.05) is 19.8 Å². The van der Waals surface area contributed by atoms with Crippen molar-refractivity contribution in [2.24, 2.45) is 4.99 Å². The van der Waals surface area contributed by atoms with Crippen LogP contribution in [0.25, 0.3) is 0 Å². The van der Waals surface area contributed by atoms with E-state index in [0.29, 0.717) is 32.8 Å². The van der Waals surface area contributed by atoms with Gasteiger partial charge in [0.2, 0.25) is 0 Å². The number of nitrogens with zero attached hydrogens (tertiary/aromatic N) is 1. The lowest BCUT2D eigenvalue weighted by Gasteiger charge is -2.24. The minimum Gasteiger partial charge on any atom is -0.458 e. The predicted octanol–water partition coefficient (Wildman–Crippen LogP) is 6.14. The highest BCUT2D eigenvalue weighted by Gasteiger charge is 2.28. The van der Waals surface area contributed by atoms with E-state index in [4.69, 9.17) is 23.9 Å². The number of hydrogen-bond acceptors (Lipinski definition) is 6. The van der Waals surface area contributed by atoms with E-state index in [1.54, 1.807) is 0 Å². The third kappa shape index (κ3) is 9.29. The number of carbonyl (C=O) groups excluding carboxylic acids is 1. The molecule has 3 aromatic rings. The summed E-state index contributed by atoms with van der Waals surface area (Å²) in [5, 5.41) is 0. The van der Waals surface area contributed by atoms with Crippen molar-refractivity contribution in [3.63, 3.8) is 0 Å². The fraction of sp³-hybridized carbons (Fsp3) is 0.333. The largest absolute Gasteiger partial charge is 0.458 e. The Kier molecular flexibility index (Phi) is 10.2. The summed E-state index contributed by atoms with van der Waals surface area (Å²) in [6, 6.07) is 29.0. The Hall–Kier alpha value is -3.58. The van der Waals surface area contributed by atoms with Gasteiger partial charge in [-0.15, -0.1) is 0 Å². The van der Waals surface area contributed by atoms with Crippen LogP contribution in [0.1, 0.15) is 43.9 Å². The van der Waals surface area contributed by atoms with E-state index >= 15 is 0 Å². The average molecular weight is 528 g/mol. The second-order valence-electron chi connectivity index (χ2n) is 10.4. The Bertz CT molecular complexity index is 1190. The van der Waals surface area contributed by atoms with Gasteiger partial charge in [-0.3, -0.25) is 4.99 Å². The molecular weight excluding hydrogens is 490 g/mol. The second kappa shape index (κ2) is 14.0. The van der Waals surface area contributed by atoms with Gasteiger partial charge in [0.15, 0.2) is 12.3 Å². The maximum atomic E-state index is 13.6. The molecule has 0 N–H and O–H groups in total. The van der Waals surface area contributed by atoms with Gasteiger partial charge in [0, 0.05) is 17.5 Å². The van der Waals surface area contributed by atoms with Gasteiger partial charge in [0.05, 0.1) is 32.1 Å². The lowest BCUT2D eigenvalue weighted by molar-refractivity contribution is -0.156. The monoisotopic (exact) mass is 527 g/mol. The molecule has 6 nitrogen and oxygen atoms in total. The first-order valence-electron chi connectivity index (χ1n) is 13.3. The predicted molar refractivity (Wildman–Crippen MR) is 153 cm³/mol. The van der Waals surface area contributed by atoms with Crippen LogP contribution >= 0.6 is 0 Å². The van der Waals surface area contributed by atoms with E-state index in [2.05, 4.69) is 0 Å². The van der Waals surface area contributed by atoms with Crippen LogP contribution in [0.3, 0.4) is 0 Å². The number of rotatable bonds is 11. The first-order valence-corrected chi connectivity index (χ1v) is 13.3. The molecule has 1 heterocycles. The number of aliphatic imine (C=N–C) groups is 1. The van der Waals surface area contributed by atoms with Crippen LogP contribution in [0, 0.1) is 0 Å². The molecular formula is C33H37NO5. The standard InChI is InChI=1S/C33H37NO5/c1-33(2,3)39-32(35)29(34-31(27-15-9-5-10-16-27)28-17-11-6-12-18-28)21-26(22-30-37-19-20-38-30)24-36-23-25-13-7-4-8-14-25/h4-18,22,29-30H,19-21,23-24H2,1-3H3/b26-22+/t29-/m1/s1. The van der Waals surface area contributed by atoms with Crippen molar-refractivity contribution >= 4 is 11.7 Å². The summed E-state index contributed by atoms with van der Waals surface area (Å²) in [6.45, 7) is 7.39. The number of esters is 1. The molecule has 0 radical (unpaired) electrons. The smallest absolute Gasteiger partial charge is 0.331 e. The van der Waals surface area contributed by atoms with Crippen molar-refractivity contribution in [3.8, 4) is 0 Å². The third-order valence-electron chi connectivity index (χ3n) is 5.93. The Morgan fingerprint density at radius 1 is 0.897 bits per heavy atom. The van der Waals surface area contributed by atoms with Crippen molar-refractivity contribution < 1.29 is 23.7 Å². The van der Waals surface area contributed by atoms with Gasteiger partial charge < -0.3 is 18.9 Å². The Morgan fingerprint density at radius 2 is 1.44 bits per heavy atom. The van der Waals surface area contributed by atoms with E-state index in [1.807, 2.05) is 118 Å². The average Bonchev–Trinajstić information content (AvgIpc) is 3.44. The zero-order chi connectivity index (χ0) is 27.5. The molecule has 204 valence electrons. The van der Waals surface area contributed by atoms with Gasteiger partial charge in [-0.2, -0.15) is 0 Å². The lowest BCUT2D eigenvalue weighted by Crippen LogP contribution is -2.32. The summed E-state index contributed by atoms with van der Waals surface area (Å²) in [6.07, 6.45) is 1.72. The van der Waals surface area contributed by atoms with Gasteiger partial charge >= 0.3 is 5.97 Å². The van der Waals surface area contributed by atoms with Crippen LogP contribution in [0.2, 0.25) is 0 Å². The highest BCUT2D eigenvalue weighted by atomic mass is 16.7. The molecule has 0 amide bonds. The molecule has 4 rings (SSSR count). The highest BCUT2D eigenvalue weighted by Crippen LogP contribution is 2.21. The molecule has 1 aliphatic heterocycles. The molecule has 0 spiro atoms. The molecule has 1 aliphatic rings. The van der Waals surface area contributed by atoms with Crippen molar-refractivity contribution in [1.82, 2.24) is 0 Å². The van der Waals surface area contributed by atoms with Crippen LogP contribution in [-0.2, 0) is 30.3 Å². The molecule has 6 heteroatoms. The van der Waals surface area contributed by atoms with Crippen LogP contribution in [0.4, 0.5) is 0 Å². The van der Waals surface area contributed by atoms with Gasteiger partial charge in [-0.25, -0.2) is 4.79 Å². The molecule has 0 aromatic heterocycles. The molecule has 0 bridgehead atoms. The maximum Gasteiger partial charge on any atom is 0.331 e. The van der Waals surface area contributed by atoms with E-state index in [0.717, 1.165) is 28.0 Å². The van der Waals surface area contributed by atoms with Gasteiger partial charge in [0.25, 0.3) is 0 Å². The van der Waals surface area contributed by atoms with E-state index in [1.165, 1.54) is 0 Å². The van der Waals surface area contributed by atoms with E-state index in [9.17, 15) is 4.79 Å². The summed E-state index contributed by atoms with van der Waals surface area (Å²) in [5.74, 6) is -0.394. The molecule has 0 unspecified atom stereocenters. The molecule has 1 atom stereocenters. The number of benzene rings is 3. The Morgan fingerprint density at radius 3 is 1.97 bits per heavy atom. The van der Waals surface area contributed by atoms with E-state index < -0.39 is 23.9 Å². The molecule has 3 aromatic carbocycles. The van der Waals surface area contributed by atoms with Gasteiger partial charge in [0.1, 0.15) is 5.60 Å². The topological polar surface area (TPSA) is 66.4 Å². The van der Waals surface area contributed by atoms with Gasteiger partial charge in [-0.05, 0) is 38.0 Å². The normalized spacial score (nSPS) is 15.1. The summed E-state index contributed by atoms with van der Waals surface area (Å²) in [4.78, 5) is 18.6. The summed E-state index contributed by atoms with van der Waals surface area (Å²) in [7, 11) is 0. The summed E-state index contributed by atoms with van der Waals surface area (Å²) in [5.41, 5.74) is 3.84. The summed E-state index contributed by atoms with van der Waals surface area (Å²) >= 11 is 0. The second-order valence-corrected chi connectivity index (χ2v) is 10.4. The van der Waals surface area contributed by atoms with Crippen LogP contribution in [0.5, 0.6) is 0 Å². The Labute approximate surface area is 231 Å². The molecule has 1 fully saturated rings. The maximum absolute atomic E-state index is 13.6. The van der Waals surface area contributed by atoms with Crippen molar-refractivity contribution in [2.45, 2.75) is 51.7 Å². The molecule has 0 saturated carbocycles. The molecule has 1 saturated heterocycles. The van der Waals surface area contributed by atoms with Crippen LogP contribution in [-0.4, -0.2) is 49.4 Å². The fourth-order valence-electron chi connectivity index (χ4n) is 4.18. The number of carbonyl (C=O) groups is 1. The van der Waals surface area contributed by atoms with Crippen molar-refractivity contribution in [1.29, 1.82) is 0 Å². The number of ether oxygens (including phenoxy) is 4. The highest BCUT2D eigenvalue weighted by molar-refractivity contribution is 6.13. The lowest BCUT2D eigenvalue weighted by atomic mass is 10.0. The minimum absolute atomic E-state index is 0.302. The zero-order valence-corrected chi connectivity index (χ0v) is 22.9. The summed E-state index contributed by atoms with van der Waals surface area (Å²) < 4.78 is 23.3. The SMILES string of the molecule is CC(C)(C)OC(=O)[C@@H](C/C(=C\C1OCCO1)COCc1ccccc1)N=C(c1ccccc1)c1ccccc1. The molecule has 39 heavy (non-hydrogen) atoms. The quantitative estimate of drug-likeness (QED) is 0.170. The van der Waals surface area contributed by atoms with Crippen LogP contribution < -0.4 is 0 Å². The third-order valence-corrected chi connectivity index (χ3v) is 5.93. The van der Waals surface area contributed by atoms with E-state index in [-0.39, 0.29) is 0 Å².